The van der Waals surface area contributed by atoms with E-state index < -0.39 is 6.04 Å². The summed E-state index contributed by atoms with van der Waals surface area (Å²) in [5.74, 6) is 0.199. The van der Waals surface area contributed by atoms with E-state index in [0.29, 0.717) is 25.5 Å². The first-order chi connectivity index (χ1) is 8.15. The third-order valence-electron chi connectivity index (χ3n) is 2.77. The van der Waals surface area contributed by atoms with Crippen LogP contribution in [0.25, 0.3) is 0 Å². The Labute approximate surface area is 104 Å². The Morgan fingerprint density at radius 3 is 2.65 bits per heavy atom. The highest BCUT2D eigenvalue weighted by molar-refractivity contribution is 5.81. The number of amides is 1. The molecule has 0 saturated carbocycles. The van der Waals surface area contributed by atoms with E-state index in [1.165, 1.54) is 0 Å². The maximum Gasteiger partial charge on any atom is 0.237 e. The molecule has 5 nitrogen and oxygen atoms in total. The number of carbonyl (C=O) groups excluding carboxylic acids is 1. The molecular formula is C12H26N2O3. The van der Waals surface area contributed by atoms with Crippen LogP contribution in [0.5, 0.6) is 0 Å². The summed E-state index contributed by atoms with van der Waals surface area (Å²) < 4.78 is 4.87. The number of aliphatic hydroxyl groups excluding tert-OH is 1. The summed E-state index contributed by atoms with van der Waals surface area (Å²) in [4.78, 5) is 11.6. The zero-order valence-corrected chi connectivity index (χ0v) is 10.9. The fourth-order valence-corrected chi connectivity index (χ4v) is 1.69. The number of rotatable bonds is 10. The number of carbonyl (C=O) groups is 1. The van der Waals surface area contributed by atoms with Crippen molar-refractivity contribution in [2.75, 3.05) is 26.9 Å². The summed E-state index contributed by atoms with van der Waals surface area (Å²) >= 11 is 0. The van der Waals surface area contributed by atoms with Gasteiger partial charge in [0.1, 0.15) is 0 Å². The van der Waals surface area contributed by atoms with Crippen molar-refractivity contribution in [3.63, 3.8) is 0 Å². The molecule has 0 rings (SSSR count). The van der Waals surface area contributed by atoms with Gasteiger partial charge in [0, 0.05) is 26.9 Å². The molecule has 1 amide bonds. The van der Waals surface area contributed by atoms with Crippen molar-refractivity contribution < 1.29 is 14.6 Å². The molecule has 4 N–H and O–H groups in total. The first-order valence-electron chi connectivity index (χ1n) is 6.28. The second kappa shape index (κ2) is 10.5. The van der Waals surface area contributed by atoms with Gasteiger partial charge in [0.2, 0.25) is 5.91 Å². The molecule has 2 atom stereocenters. The molecule has 17 heavy (non-hydrogen) atoms. The standard InChI is InChI=1S/C12H26N2O3/c1-3-4-10(5-7-15)9-14-12(16)11(13)6-8-17-2/h10-11,15H,3-9,13H2,1-2H3,(H,14,16). The molecule has 0 aliphatic rings. The van der Waals surface area contributed by atoms with Crippen LogP contribution >= 0.6 is 0 Å². The van der Waals surface area contributed by atoms with E-state index in [1.807, 2.05) is 0 Å². The lowest BCUT2D eigenvalue weighted by Gasteiger charge is -2.17. The van der Waals surface area contributed by atoms with Crippen molar-refractivity contribution in [2.45, 2.75) is 38.6 Å². The molecule has 0 aromatic carbocycles. The van der Waals surface area contributed by atoms with Crippen molar-refractivity contribution in [3.05, 3.63) is 0 Å². The van der Waals surface area contributed by atoms with Crippen molar-refractivity contribution in [3.8, 4) is 0 Å². The van der Waals surface area contributed by atoms with Gasteiger partial charge in [0.05, 0.1) is 6.04 Å². The van der Waals surface area contributed by atoms with Crippen LogP contribution in [0.2, 0.25) is 0 Å². The largest absolute Gasteiger partial charge is 0.396 e. The molecule has 0 heterocycles. The normalized spacial score (nSPS) is 14.4. The Morgan fingerprint density at radius 2 is 2.12 bits per heavy atom. The molecule has 0 aromatic rings. The first kappa shape index (κ1) is 16.4. The smallest absolute Gasteiger partial charge is 0.237 e. The quantitative estimate of drug-likeness (QED) is 0.516. The minimum Gasteiger partial charge on any atom is -0.396 e. The predicted octanol–water partition coefficient (Wildman–Crippen LogP) is 0.265. The first-order valence-corrected chi connectivity index (χ1v) is 6.28. The topological polar surface area (TPSA) is 84.6 Å². The fraction of sp³-hybridized carbons (Fsp3) is 0.917. The summed E-state index contributed by atoms with van der Waals surface area (Å²) in [6.45, 7) is 3.34. The average Bonchev–Trinajstić information content (AvgIpc) is 2.33. The Morgan fingerprint density at radius 1 is 1.41 bits per heavy atom. The number of methoxy groups -OCH3 is 1. The average molecular weight is 246 g/mol. The minimum absolute atomic E-state index is 0.138. The van der Waals surface area contributed by atoms with Crippen LogP contribution in [-0.4, -0.2) is 43.9 Å². The molecule has 5 heteroatoms. The minimum atomic E-state index is -0.508. The molecule has 2 unspecified atom stereocenters. The predicted molar refractivity (Wildman–Crippen MR) is 67.6 cm³/mol. The van der Waals surface area contributed by atoms with Crippen molar-refractivity contribution in [1.29, 1.82) is 0 Å². The van der Waals surface area contributed by atoms with E-state index in [9.17, 15) is 4.79 Å². The summed E-state index contributed by atoms with van der Waals surface area (Å²) in [7, 11) is 1.59. The Bertz CT molecular complexity index is 194. The van der Waals surface area contributed by atoms with Crippen LogP contribution in [0.4, 0.5) is 0 Å². The molecule has 0 aliphatic carbocycles. The van der Waals surface area contributed by atoms with E-state index in [1.54, 1.807) is 7.11 Å². The molecular weight excluding hydrogens is 220 g/mol. The van der Waals surface area contributed by atoms with Crippen LogP contribution < -0.4 is 11.1 Å². The SMILES string of the molecule is CCCC(CCO)CNC(=O)C(N)CCOC. The van der Waals surface area contributed by atoms with Gasteiger partial charge in [-0.3, -0.25) is 4.79 Å². The summed E-state index contributed by atoms with van der Waals surface area (Å²) in [6.07, 6.45) is 3.31. The molecule has 0 saturated heterocycles. The van der Waals surface area contributed by atoms with Gasteiger partial charge in [-0.2, -0.15) is 0 Å². The van der Waals surface area contributed by atoms with Gasteiger partial charge in [0.15, 0.2) is 0 Å². The van der Waals surface area contributed by atoms with Gasteiger partial charge >= 0.3 is 0 Å². The maximum atomic E-state index is 11.6. The van der Waals surface area contributed by atoms with Crippen LogP contribution in [0.15, 0.2) is 0 Å². The zero-order valence-electron chi connectivity index (χ0n) is 10.9. The molecule has 0 aromatic heterocycles. The van der Waals surface area contributed by atoms with E-state index in [2.05, 4.69) is 12.2 Å². The molecule has 0 aliphatic heterocycles. The Hall–Kier alpha value is -0.650. The number of nitrogens with one attached hydrogen (secondary N) is 1. The molecule has 0 fully saturated rings. The highest BCUT2D eigenvalue weighted by atomic mass is 16.5. The summed E-state index contributed by atoms with van der Waals surface area (Å²) in [6, 6.07) is -0.508. The number of hydrogen-bond acceptors (Lipinski definition) is 4. The molecule has 0 spiro atoms. The van der Waals surface area contributed by atoms with E-state index in [-0.39, 0.29) is 12.5 Å². The van der Waals surface area contributed by atoms with Gasteiger partial charge < -0.3 is 20.9 Å². The second-order valence-corrected chi connectivity index (χ2v) is 4.30. The lowest BCUT2D eigenvalue weighted by molar-refractivity contribution is -0.123. The van der Waals surface area contributed by atoms with Gasteiger partial charge in [-0.05, 0) is 25.2 Å². The number of hydrogen-bond donors (Lipinski definition) is 3. The van der Waals surface area contributed by atoms with Gasteiger partial charge in [-0.15, -0.1) is 0 Å². The van der Waals surface area contributed by atoms with Crippen LogP contribution in [0, 0.1) is 5.92 Å². The summed E-state index contributed by atoms with van der Waals surface area (Å²) in [5, 5.41) is 11.7. The Kier molecular flexibility index (Phi) is 10.1. The number of aliphatic hydroxyl groups is 1. The van der Waals surface area contributed by atoms with E-state index in [4.69, 9.17) is 15.6 Å². The van der Waals surface area contributed by atoms with E-state index in [0.717, 1.165) is 19.3 Å². The molecule has 102 valence electrons. The van der Waals surface area contributed by atoms with Crippen molar-refractivity contribution in [2.24, 2.45) is 11.7 Å². The maximum absolute atomic E-state index is 11.6. The number of ether oxygens (including phenoxy) is 1. The Balaban J connectivity index is 3.85. The second-order valence-electron chi connectivity index (χ2n) is 4.30. The lowest BCUT2D eigenvalue weighted by Crippen LogP contribution is -2.43. The van der Waals surface area contributed by atoms with Gasteiger partial charge in [-0.1, -0.05) is 13.3 Å². The van der Waals surface area contributed by atoms with Crippen LogP contribution in [0.3, 0.4) is 0 Å². The van der Waals surface area contributed by atoms with E-state index >= 15 is 0 Å². The van der Waals surface area contributed by atoms with Crippen LogP contribution in [0.1, 0.15) is 32.6 Å². The number of nitrogens with two attached hydrogens (primary N) is 1. The third kappa shape index (κ3) is 8.12. The highest BCUT2D eigenvalue weighted by Gasteiger charge is 2.14. The van der Waals surface area contributed by atoms with Crippen molar-refractivity contribution >= 4 is 5.91 Å². The fourth-order valence-electron chi connectivity index (χ4n) is 1.69. The monoisotopic (exact) mass is 246 g/mol. The van der Waals surface area contributed by atoms with Gasteiger partial charge in [0.25, 0.3) is 0 Å². The third-order valence-corrected chi connectivity index (χ3v) is 2.77. The summed E-state index contributed by atoms with van der Waals surface area (Å²) in [5.41, 5.74) is 5.70. The van der Waals surface area contributed by atoms with Crippen molar-refractivity contribution in [1.82, 2.24) is 5.32 Å². The highest BCUT2D eigenvalue weighted by Crippen LogP contribution is 2.09. The van der Waals surface area contributed by atoms with Gasteiger partial charge in [-0.25, -0.2) is 0 Å². The molecule has 0 radical (unpaired) electrons. The van der Waals surface area contributed by atoms with Crippen LogP contribution in [-0.2, 0) is 9.53 Å². The zero-order chi connectivity index (χ0) is 13.1. The molecule has 0 bridgehead atoms. The lowest BCUT2D eigenvalue weighted by atomic mass is 10.00.